The van der Waals surface area contributed by atoms with Crippen LogP contribution >= 0.6 is 11.3 Å². The Balaban J connectivity index is 1.93. The smallest absolute Gasteiger partial charge is 0.228 e. The van der Waals surface area contributed by atoms with Gasteiger partial charge in [-0.05, 0) is 42.3 Å². The number of carbonyl (C=O) groups excluding carboxylic acids is 2. The molecule has 138 valence electrons. The fourth-order valence-electron chi connectivity index (χ4n) is 3.78. The number of hydrogen-bond donors (Lipinski definition) is 1. The molecule has 1 fully saturated rings. The molecule has 0 bridgehead atoms. The predicted molar refractivity (Wildman–Crippen MR) is 106 cm³/mol. The molecule has 1 N–H and O–H groups in total. The second kappa shape index (κ2) is 8.04. The Kier molecular flexibility index (Phi) is 5.77. The van der Waals surface area contributed by atoms with Crippen LogP contribution in [-0.4, -0.2) is 36.3 Å². The van der Waals surface area contributed by atoms with Gasteiger partial charge in [0.25, 0.3) is 0 Å². The second-order valence-corrected chi connectivity index (χ2v) is 7.82. The summed E-state index contributed by atoms with van der Waals surface area (Å²) in [6.45, 7) is 5.58. The van der Waals surface area contributed by atoms with Crippen molar-refractivity contribution >= 4 is 23.2 Å². The third-order valence-corrected chi connectivity index (χ3v) is 6.06. The molecule has 0 saturated carbocycles. The predicted octanol–water partition coefficient (Wildman–Crippen LogP) is 3.72. The van der Waals surface area contributed by atoms with Gasteiger partial charge in [0.15, 0.2) is 0 Å². The Morgan fingerprint density at radius 1 is 1.19 bits per heavy atom. The van der Waals surface area contributed by atoms with Crippen LogP contribution in [0.1, 0.15) is 32.3 Å². The summed E-state index contributed by atoms with van der Waals surface area (Å²) in [6.07, 6.45) is 1.85. The number of thiophene rings is 1. The average Bonchev–Trinajstić information content (AvgIpc) is 3.32. The van der Waals surface area contributed by atoms with Crippen LogP contribution in [0.5, 0.6) is 0 Å². The van der Waals surface area contributed by atoms with Gasteiger partial charge in [-0.3, -0.25) is 9.59 Å². The summed E-state index contributed by atoms with van der Waals surface area (Å²) in [4.78, 5) is 28.2. The van der Waals surface area contributed by atoms with E-state index >= 15 is 0 Å². The molecular formula is C21H26N2O2S. The van der Waals surface area contributed by atoms with Crippen LogP contribution in [0.15, 0.2) is 41.8 Å². The third-order valence-electron chi connectivity index (χ3n) is 5.16. The molecule has 0 aliphatic carbocycles. The first kappa shape index (κ1) is 18.6. The van der Waals surface area contributed by atoms with Gasteiger partial charge in [-0.1, -0.05) is 37.3 Å². The Labute approximate surface area is 159 Å². The van der Waals surface area contributed by atoms with Crippen molar-refractivity contribution in [2.24, 2.45) is 5.41 Å². The number of nitrogens with zero attached hydrogens (tertiary/aromatic N) is 1. The van der Waals surface area contributed by atoms with Crippen molar-refractivity contribution in [1.82, 2.24) is 10.2 Å². The lowest BCUT2D eigenvalue weighted by Gasteiger charge is -2.29. The number of carbonyl (C=O) groups is 2. The highest BCUT2D eigenvalue weighted by Gasteiger charge is 2.45. The highest BCUT2D eigenvalue weighted by Crippen LogP contribution is 2.38. The molecule has 1 aliphatic rings. The maximum Gasteiger partial charge on any atom is 0.228 e. The second-order valence-electron chi connectivity index (χ2n) is 6.87. The van der Waals surface area contributed by atoms with E-state index in [4.69, 9.17) is 0 Å². The number of benzene rings is 1. The van der Waals surface area contributed by atoms with E-state index in [0.29, 0.717) is 38.9 Å². The molecule has 4 nitrogen and oxygen atoms in total. The van der Waals surface area contributed by atoms with E-state index < -0.39 is 5.41 Å². The zero-order chi connectivity index (χ0) is 18.6. The van der Waals surface area contributed by atoms with Crippen molar-refractivity contribution in [3.05, 3.63) is 47.3 Å². The van der Waals surface area contributed by atoms with Gasteiger partial charge in [-0.2, -0.15) is 0 Å². The summed E-state index contributed by atoms with van der Waals surface area (Å²) in [5, 5.41) is 5.08. The van der Waals surface area contributed by atoms with E-state index in [0.717, 1.165) is 0 Å². The number of hydrogen-bond acceptors (Lipinski definition) is 3. The molecule has 2 heterocycles. The largest absolute Gasteiger partial charge is 0.356 e. The van der Waals surface area contributed by atoms with Crippen LogP contribution in [0.4, 0.5) is 0 Å². The maximum atomic E-state index is 13.0. The van der Waals surface area contributed by atoms with Crippen LogP contribution in [0.2, 0.25) is 0 Å². The molecule has 2 aromatic rings. The van der Waals surface area contributed by atoms with Gasteiger partial charge in [0.2, 0.25) is 11.8 Å². The van der Waals surface area contributed by atoms with Crippen molar-refractivity contribution in [2.75, 3.05) is 19.6 Å². The van der Waals surface area contributed by atoms with Crippen molar-refractivity contribution in [3.63, 3.8) is 0 Å². The normalized spacial score (nSPS) is 19.5. The molecular weight excluding hydrogens is 344 g/mol. The van der Waals surface area contributed by atoms with Crippen molar-refractivity contribution in [3.8, 4) is 10.4 Å². The molecule has 0 radical (unpaired) electrons. The summed E-state index contributed by atoms with van der Waals surface area (Å²) in [5.41, 5.74) is 1.81. The molecule has 5 heteroatoms. The van der Waals surface area contributed by atoms with E-state index in [9.17, 15) is 9.59 Å². The van der Waals surface area contributed by atoms with Gasteiger partial charge in [0, 0.05) is 30.9 Å². The molecule has 26 heavy (non-hydrogen) atoms. The van der Waals surface area contributed by atoms with Gasteiger partial charge in [-0.25, -0.2) is 0 Å². The summed E-state index contributed by atoms with van der Waals surface area (Å²) in [5.74, 6) is 0.190. The van der Waals surface area contributed by atoms with Crippen LogP contribution in [0.3, 0.4) is 0 Å². The van der Waals surface area contributed by atoms with Gasteiger partial charge in [0.05, 0.1) is 5.41 Å². The lowest BCUT2D eigenvalue weighted by Crippen LogP contribution is -2.45. The Morgan fingerprint density at radius 2 is 2.00 bits per heavy atom. The average molecular weight is 371 g/mol. The maximum absolute atomic E-state index is 13.0. The van der Waals surface area contributed by atoms with E-state index in [-0.39, 0.29) is 11.8 Å². The van der Waals surface area contributed by atoms with Crippen LogP contribution in [-0.2, 0) is 16.0 Å². The van der Waals surface area contributed by atoms with Crippen molar-refractivity contribution in [2.45, 2.75) is 33.1 Å². The van der Waals surface area contributed by atoms with Gasteiger partial charge < -0.3 is 10.2 Å². The minimum absolute atomic E-state index is 0.0624. The van der Waals surface area contributed by atoms with Gasteiger partial charge in [0.1, 0.15) is 0 Å². The SMILES string of the molecule is CCNC(=O)[C@@]1(Cc2ccccc2-c2cccs2)CCN(C(=O)CC)C1. The Hall–Kier alpha value is -2.14. The fourth-order valence-corrected chi connectivity index (χ4v) is 4.57. The molecule has 3 rings (SSSR count). The zero-order valence-electron chi connectivity index (χ0n) is 15.5. The monoisotopic (exact) mass is 370 g/mol. The summed E-state index contributed by atoms with van der Waals surface area (Å²) >= 11 is 1.71. The molecule has 1 aliphatic heterocycles. The number of likely N-dealkylation sites (tertiary alicyclic amines) is 1. The highest BCUT2D eigenvalue weighted by molar-refractivity contribution is 7.13. The van der Waals surface area contributed by atoms with Crippen molar-refractivity contribution in [1.29, 1.82) is 0 Å². The molecule has 0 unspecified atom stereocenters. The lowest BCUT2D eigenvalue weighted by atomic mass is 9.78. The first-order chi connectivity index (χ1) is 12.6. The third kappa shape index (κ3) is 3.68. The van der Waals surface area contributed by atoms with E-state index in [1.807, 2.05) is 36.9 Å². The number of rotatable bonds is 6. The van der Waals surface area contributed by atoms with Crippen LogP contribution in [0.25, 0.3) is 10.4 Å². The topological polar surface area (TPSA) is 49.4 Å². The molecule has 0 spiro atoms. The van der Waals surface area contributed by atoms with E-state index in [1.54, 1.807) is 11.3 Å². The molecule has 1 saturated heterocycles. The lowest BCUT2D eigenvalue weighted by molar-refractivity contribution is -0.133. The summed E-state index contributed by atoms with van der Waals surface area (Å²) < 4.78 is 0. The minimum Gasteiger partial charge on any atom is -0.356 e. The molecule has 2 amide bonds. The van der Waals surface area contributed by atoms with E-state index in [1.165, 1.54) is 16.0 Å². The Bertz CT molecular complexity index is 772. The summed E-state index contributed by atoms with van der Waals surface area (Å²) in [6, 6.07) is 12.5. The summed E-state index contributed by atoms with van der Waals surface area (Å²) in [7, 11) is 0. The minimum atomic E-state index is -0.547. The fraction of sp³-hybridized carbons (Fsp3) is 0.429. The number of nitrogens with one attached hydrogen (secondary N) is 1. The van der Waals surface area contributed by atoms with E-state index in [2.05, 4.69) is 28.9 Å². The standard InChI is InChI=1S/C21H26N2O2S/c1-3-19(24)23-12-11-21(15-23,20(25)22-4-2)14-16-8-5-6-9-17(16)18-10-7-13-26-18/h5-10,13H,3-4,11-12,14-15H2,1-2H3,(H,22,25)/t21-/m1/s1. The quantitative estimate of drug-likeness (QED) is 0.842. The zero-order valence-corrected chi connectivity index (χ0v) is 16.3. The van der Waals surface area contributed by atoms with Gasteiger partial charge >= 0.3 is 0 Å². The molecule has 1 aromatic heterocycles. The Morgan fingerprint density at radius 3 is 2.69 bits per heavy atom. The molecule has 1 aromatic carbocycles. The van der Waals surface area contributed by atoms with Gasteiger partial charge in [-0.15, -0.1) is 11.3 Å². The van der Waals surface area contributed by atoms with Crippen LogP contribution < -0.4 is 5.32 Å². The molecule has 1 atom stereocenters. The van der Waals surface area contributed by atoms with Crippen molar-refractivity contribution < 1.29 is 9.59 Å². The number of amides is 2. The highest BCUT2D eigenvalue weighted by atomic mass is 32.1. The first-order valence-corrected chi connectivity index (χ1v) is 10.2. The van der Waals surface area contributed by atoms with Crippen LogP contribution in [0, 0.1) is 5.41 Å². The first-order valence-electron chi connectivity index (χ1n) is 9.27.